The smallest absolute Gasteiger partial charge is 0.122 e. The van der Waals surface area contributed by atoms with E-state index < -0.39 is 0 Å². The molecular weight excluding hydrogens is 99.0 g/mol. The molecule has 0 N–H and O–H groups in total. The fourth-order valence-electron chi connectivity index (χ4n) is 0.0250. The summed E-state index contributed by atoms with van der Waals surface area (Å²) in [5, 5.41) is 15.5. The zero-order chi connectivity index (χ0) is 4.99. The van der Waals surface area contributed by atoms with Crippen molar-refractivity contribution in [2.24, 2.45) is 0 Å². The fraction of sp³-hybridized carbons (Fsp3) is 0. The molecule has 0 aliphatic carbocycles. The van der Waals surface area contributed by atoms with Crippen LogP contribution in [-0.4, -0.2) is 29.6 Å². The molecule has 3 heteroatoms. The summed E-state index contributed by atoms with van der Waals surface area (Å²) in [5.41, 5.74) is -0.0463. The summed E-state index contributed by atoms with van der Waals surface area (Å²) in [7, 11) is 0. The average molecular weight is 101 g/mol. The number of hydrogen-bond donors (Lipinski definition) is 0. The summed E-state index contributed by atoms with van der Waals surface area (Å²) < 4.78 is 0. The molecule has 0 amide bonds. The largest absolute Gasteiger partial charge is 0.192 e. The van der Waals surface area contributed by atoms with Crippen LogP contribution in [0.2, 0.25) is 0 Å². The molecule has 0 saturated carbocycles. The molecule has 0 aromatic carbocycles. The Hall–Kier alpha value is -0.280. The predicted molar refractivity (Wildman–Crippen MR) is 26.1 cm³/mol. The topological polar surface area (TPSA) is 47.6 Å². The first-order valence-corrected chi connectivity index (χ1v) is 1.30. The van der Waals surface area contributed by atoms with Crippen LogP contribution in [0.4, 0.5) is 0 Å². The van der Waals surface area contributed by atoms with Crippen LogP contribution < -0.4 is 0 Å². The first kappa shape index (κ1) is 9.87. The van der Waals surface area contributed by atoms with Crippen molar-refractivity contribution in [1.82, 2.24) is 0 Å². The van der Waals surface area contributed by atoms with E-state index in [-0.39, 0.29) is 35.1 Å². The van der Waals surface area contributed by atoms with Gasteiger partial charge < -0.3 is 0 Å². The molecule has 0 aliphatic heterocycles. The van der Waals surface area contributed by atoms with Gasteiger partial charge in [0, 0.05) is 29.6 Å². The van der Waals surface area contributed by atoms with Gasteiger partial charge in [0.15, 0.2) is 0 Å². The molecule has 7 heavy (non-hydrogen) atoms. The molecule has 0 bridgehead atoms. The molecule has 0 heterocycles. The van der Waals surface area contributed by atoms with E-state index in [1.165, 1.54) is 0 Å². The third-order valence-corrected chi connectivity index (χ3v) is 0.270. The Labute approximate surface area is 64.3 Å². The SMILES string of the molecule is C=C(C#N)C#N.[Na]. The van der Waals surface area contributed by atoms with Gasteiger partial charge >= 0.3 is 0 Å². The predicted octanol–water partition coefficient (Wildman–Crippen LogP) is 0.209. The van der Waals surface area contributed by atoms with Crippen molar-refractivity contribution in [3.05, 3.63) is 12.2 Å². The molecule has 0 aromatic rings. The van der Waals surface area contributed by atoms with Crippen LogP contribution in [0.5, 0.6) is 0 Å². The first-order valence-electron chi connectivity index (χ1n) is 1.30. The van der Waals surface area contributed by atoms with E-state index in [0.29, 0.717) is 0 Å². The minimum absolute atomic E-state index is 0. The molecule has 0 fully saturated rings. The van der Waals surface area contributed by atoms with Crippen LogP contribution >= 0.6 is 0 Å². The first-order chi connectivity index (χ1) is 2.81. The van der Waals surface area contributed by atoms with Gasteiger partial charge in [-0.25, -0.2) is 0 Å². The summed E-state index contributed by atoms with van der Waals surface area (Å²) in [6.45, 7) is 3.07. The zero-order valence-corrected chi connectivity index (χ0v) is 6.10. The second-order valence-electron chi connectivity index (χ2n) is 0.702. The second-order valence-corrected chi connectivity index (χ2v) is 0.702. The molecule has 2 nitrogen and oxygen atoms in total. The zero-order valence-electron chi connectivity index (χ0n) is 4.10. The Balaban J connectivity index is 0. The van der Waals surface area contributed by atoms with Crippen LogP contribution in [0.25, 0.3) is 0 Å². The molecule has 0 atom stereocenters. The summed E-state index contributed by atoms with van der Waals surface area (Å²) in [6, 6.07) is 3.12. The van der Waals surface area contributed by atoms with E-state index >= 15 is 0 Å². The van der Waals surface area contributed by atoms with Crippen LogP contribution in [0.15, 0.2) is 12.2 Å². The van der Waals surface area contributed by atoms with Gasteiger partial charge in [-0.1, -0.05) is 6.58 Å². The van der Waals surface area contributed by atoms with E-state index in [9.17, 15) is 0 Å². The van der Waals surface area contributed by atoms with Gasteiger partial charge in [0.25, 0.3) is 0 Å². The number of nitriles is 2. The average Bonchev–Trinajstić information content (AvgIpc) is 1.65. The summed E-state index contributed by atoms with van der Waals surface area (Å²) in [6.07, 6.45) is 0. The quantitative estimate of drug-likeness (QED) is 0.323. The standard InChI is InChI=1S/C4H2N2.Na/c1-4(2-5)3-6;/h1H2;. The van der Waals surface area contributed by atoms with Crippen molar-refractivity contribution in [3.63, 3.8) is 0 Å². The number of nitrogens with zero attached hydrogens (tertiary/aromatic N) is 2. The second kappa shape index (κ2) is 5.72. The summed E-state index contributed by atoms with van der Waals surface area (Å²) in [5.74, 6) is 0. The van der Waals surface area contributed by atoms with E-state index in [4.69, 9.17) is 10.5 Å². The molecule has 0 unspecified atom stereocenters. The van der Waals surface area contributed by atoms with Gasteiger partial charge in [-0.05, 0) is 0 Å². The molecule has 29 valence electrons. The number of allylic oxidation sites excluding steroid dienone is 1. The van der Waals surface area contributed by atoms with Crippen LogP contribution in [-0.2, 0) is 0 Å². The van der Waals surface area contributed by atoms with Crippen molar-refractivity contribution < 1.29 is 0 Å². The van der Waals surface area contributed by atoms with E-state index in [2.05, 4.69) is 6.58 Å². The van der Waals surface area contributed by atoms with E-state index in [1.54, 1.807) is 12.1 Å². The molecule has 0 rings (SSSR count). The summed E-state index contributed by atoms with van der Waals surface area (Å²) in [4.78, 5) is 0. The van der Waals surface area contributed by atoms with Gasteiger partial charge in [0.1, 0.15) is 17.7 Å². The molecule has 0 spiro atoms. The van der Waals surface area contributed by atoms with Crippen LogP contribution in [0.1, 0.15) is 0 Å². The van der Waals surface area contributed by atoms with Gasteiger partial charge in [0.05, 0.1) is 0 Å². The minimum Gasteiger partial charge on any atom is -0.192 e. The van der Waals surface area contributed by atoms with E-state index in [0.717, 1.165) is 0 Å². The Morgan fingerprint density at radius 2 is 1.57 bits per heavy atom. The summed E-state index contributed by atoms with van der Waals surface area (Å²) >= 11 is 0. The van der Waals surface area contributed by atoms with E-state index in [1.807, 2.05) is 0 Å². The van der Waals surface area contributed by atoms with Gasteiger partial charge in [-0.15, -0.1) is 0 Å². The maximum Gasteiger partial charge on any atom is 0.122 e. The Bertz CT molecular complexity index is 121. The van der Waals surface area contributed by atoms with Crippen molar-refractivity contribution >= 4 is 29.6 Å². The Morgan fingerprint density at radius 1 is 1.29 bits per heavy atom. The van der Waals surface area contributed by atoms with Crippen molar-refractivity contribution in [2.45, 2.75) is 0 Å². The maximum absolute atomic E-state index is 7.76. The van der Waals surface area contributed by atoms with Gasteiger partial charge in [0.2, 0.25) is 0 Å². The fourth-order valence-corrected chi connectivity index (χ4v) is 0.0250. The minimum atomic E-state index is -0.0463. The molecular formula is C4H2N2Na. The normalized spacial score (nSPS) is 4.29. The molecule has 0 aliphatic rings. The Morgan fingerprint density at radius 3 is 1.57 bits per heavy atom. The third-order valence-electron chi connectivity index (χ3n) is 0.270. The number of rotatable bonds is 0. The van der Waals surface area contributed by atoms with Crippen LogP contribution in [0, 0.1) is 22.7 Å². The van der Waals surface area contributed by atoms with Crippen LogP contribution in [0.3, 0.4) is 0 Å². The van der Waals surface area contributed by atoms with Crippen molar-refractivity contribution in [3.8, 4) is 12.1 Å². The Kier molecular flexibility index (Phi) is 8.06. The van der Waals surface area contributed by atoms with Gasteiger partial charge in [-0.3, -0.25) is 0 Å². The number of hydrogen-bond acceptors (Lipinski definition) is 2. The molecule has 1 radical (unpaired) electrons. The molecule has 0 aromatic heterocycles. The maximum atomic E-state index is 7.76. The van der Waals surface area contributed by atoms with Crippen molar-refractivity contribution in [1.29, 1.82) is 10.5 Å². The monoisotopic (exact) mass is 101 g/mol. The third kappa shape index (κ3) is 5.72. The van der Waals surface area contributed by atoms with Gasteiger partial charge in [-0.2, -0.15) is 10.5 Å². The molecule has 0 saturated heterocycles. The van der Waals surface area contributed by atoms with Crippen molar-refractivity contribution in [2.75, 3.05) is 0 Å².